The van der Waals surface area contributed by atoms with Crippen LogP contribution in [0.1, 0.15) is 25.5 Å². The summed E-state index contributed by atoms with van der Waals surface area (Å²) in [6, 6.07) is 8.25. The lowest BCUT2D eigenvalue weighted by Gasteiger charge is -2.15. The molecule has 3 aromatic heterocycles. The first-order chi connectivity index (χ1) is 10.3. The summed E-state index contributed by atoms with van der Waals surface area (Å²) in [6.45, 7) is 4.69. The fraction of sp³-hybridized carbons (Fsp3) is 0.250. The van der Waals surface area contributed by atoms with Crippen LogP contribution in [0.15, 0.2) is 42.0 Å². The van der Waals surface area contributed by atoms with Crippen LogP contribution in [0.5, 0.6) is 5.88 Å². The molecule has 0 fully saturated rings. The number of aromatic nitrogens is 2. The van der Waals surface area contributed by atoms with Crippen LogP contribution in [0.3, 0.4) is 0 Å². The van der Waals surface area contributed by atoms with E-state index in [-0.39, 0.29) is 6.04 Å². The molecule has 4 nitrogen and oxygen atoms in total. The molecule has 3 rings (SSSR count). The number of fused-ring (bicyclic) bond motifs is 1. The predicted octanol–water partition coefficient (Wildman–Crippen LogP) is 4.26. The molecule has 0 saturated heterocycles. The Morgan fingerprint density at radius 2 is 2.14 bits per heavy atom. The lowest BCUT2D eigenvalue weighted by Crippen LogP contribution is -2.07. The fourth-order valence-electron chi connectivity index (χ4n) is 2.13. The zero-order valence-electron chi connectivity index (χ0n) is 12.0. The average Bonchev–Trinajstić information content (AvgIpc) is 2.97. The molecule has 3 heterocycles. The Balaban J connectivity index is 1.73. The van der Waals surface area contributed by atoms with Crippen molar-refractivity contribution in [2.45, 2.75) is 19.9 Å². The second-order valence-electron chi connectivity index (χ2n) is 4.76. The van der Waals surface area contributed by atoms with E-state index < -0.39 is 0 Å². The minimum atomic E-state index is 0.170. The first-order valence-electron chi connectivity index (χ1n) is 6.95. The normalized spacial score (nSPS) is 12.3. The molecule has 0 bridgehead atoms. The number of nitrogens with zero attached hydrogens (tertiary/aromatic N) is 2. The van der Waals surface area contributed by atoms with Gasteiger partial charge >= 0.3 is 0 Å². The highest BCUT2D eigenvalue weighted by Crippen LogP contribution is 2.25. The van der Waals surface area contributed by atoms with Crippen molar-refractivity contribution in [1.82, 2.24) is 9.97 Å². The van der Waals surface area contributed by atoms with Crippen molar-refractivity contribution in [3.05, 3.63) is 47.6 Å². The van der Waals surface area contributed by atoms with Crippen LogP contribution in [0, 0.1) is 0 Å². The second-order valence-corrected chi connectivity index (χ2v) is 5.70. The van der Waals surface area contributed by atoms with Gasteiger partial charge in [0, 0.05) is 12.3 Å². The largest absolute Gasteiger partial charge is 0.478 e. The monoisotopic (exact) mass is 299 g/mol. The van der Waals surface area contributed by atoms with E-state index in [2.05, 4.69) is 33.7 Å². The third kappa shape index (κ3) is 3.13. The minimum absolute atomic E-state index is 0.170. The quantitative estimate of drug-likeness (QED) is 0.764. The predicted molar refractivity (Wildman–Crippen MR) is 87.1 cm³/mol. The summed E-state index contributed by atoms with van der Waals surface area (Å²) in [5.74, 6) is 0.650. The summed E-state index contributed by atoms with van der Waals surface area (Å²) in [6.07, 6.45) is 3.72. The molecule has 0 aliphatic rings. The van der Waals surface area contributed by atoms with Gasteiger partial charge in [0.25, 0.3) is 0 Å². The van der Waals surface area contributed by atoms with E-state index in [0.717, 1.165) is 11.2 Å². The maximum Gasteiger partial charge on any atom is 0.213 e. The van der Waals surface area contributed by atoms with Crippen LogP contribution >= 0.6 is 11.3 Å². The molecular formula is C16H17N3OS. The summed E-state index contributed by atoms with van der Waals surface area (Å²) in [5, 5.41) is 5.50. The van der Waals surface area contributed by atoms with Crippen LogP contribution in [0.2, 0.25) is 0 Å². The van der Waals surface area contributed by atoms with Crippen LogP contribution in [0.4, 0.5) is 5.69 Å². The molecule has 0 amide bonds. The number of ether oxygens (including phenoxy) is 1. The molecule has 0 saturated carbocycles. The van der Waals surface area contributed by atoms with E-state index in [9.17, 15) is 0 Å². The van der Waals surface area contributed by atoms with Gasteiger partial charge in [0.05, 0.1) is 34.7 Å². The number of rotatable bonds is 5. The smallest absolute Gasteiger partial charge is 0.213 e. The number of nitrogens with one attached hydrogen (secondary N) is 1. The van der Waals surface area contributed by atoms with Gasteiger partial charge in [-0.05, 0) is 43.0 Å². The standard InChI is InChI=1S/C16H17N3OS/c1-3-20-16-5-4-13(10-18-16)19-11(2)12-8-15-14(17-9-12)6-7-21-15/h4-11,19H,3H2,1-2H3. The molecule has 0 aromatic carbocycles. The highest BCUT2D eigenvalue weighted by atomic mass is 32.1. The zero-order valence-corrected chi connectivity index (χ0v) is 12.9. The van der Waals surface area contributed by atoms with E-state index >= 15 is 0 Å². The molecule has 108 valence electrons. The maximum atomic E-state index is 5.34. The van der Waals surface area contributed by atoms with Crippen LogP contribution in [-0.2, 0) is 0 Å². The van der Waals surface area contributed by atoms with Crippen molar-refractivity contribution in [3.63, 3.8) is 0 Å². The van der Waals surface area contributed by atoms with Crippen LogP contribution in [-0.4, -0.2) is 16.6 Å². The van der Waals surface area contributed by atoms with Crippen molar-refractivity contribution >= 4 is 27.2 Å². The van der Waals surface area contributed by atoms with Crippen molar-refractivity contribution in [1.29, 1.82) is 0 Å². The zero-order chi connectivity index (χ0) is 14.7. The van der Waals surface area contributed by atoms with E-state index in [1.165, 1.54) is 10.3 Å². The Hall–Kier alpha value is -2.14. The Kier molecular flexibility index (Phi) is 4.01. The lowest BCUT2D eigenvalue weighted by molar-refractivity contribution is 0.327. The van der Waals surface area contributed by atoms with Gasteiger partial charge in [-0.2, -0.15) is 0 Å². The van der Waals surface area contributed by atoms with E-state index in [1.807, 2.05) is 31.3 Å². The summed E-state index contributed by atoms with van der Waals surface area (Å²) < 4.78 is 6.56. The first kappa shape index (κ1) is 13.8. The van der Waals surface area contributed by atoms with Gasteiger partial charge in [-0.25, -0.2) is 4.98 Å². The third-order valence-corrected chi connectivity index (χ3v) is 4.09. The van der Waals surface area contributed by atoms with Gasteiger partial charge in [-0.1, -0.05) is 0 Å². The summed E-state index contributed by atoms with van der Waals surface area (Å²) in [4.78, 5) is 8.74. The molecule has 1 unspecified atom stereocenters. The first-order valence-corrected chi connectivity index (χ1v) is 7.83. The topological polar surface area (TPSA) is 47.0 Å². The number of thiophene rings is 1. The van der Waals surface area contributed by atoms with Crippen molar-refractivity contribution in [2.24, 2.45) is 0 Å². The number of pyridine rings is 2. The van der Waals surface area contributed by atoms with Crippen molar-refractivity contribution in [2.75, 3.05) is 11.9 Å². The molecule has 0 aliphatic carbocycles. The molecular weight excluding hydrogens is 282 g/mol. The number of anilines is 1. The minimum Gasteiger partial charge on any atom is -0.478 e. The van der Waals surface area contributed by atoms with Crippen molar-refractivity contribution in [3.8, 4) is 5.88 Å². The molecule has 5 heteroatoms. The molecule has 3 aromatic rings. The van der Waals surface area contributed by atoms with E-state index in [0.29, 0.717) is 12.5 Å². The Labute approximate surface area is 127 Å². The average molecular weight is 299 g/mol. The number of hydrogen-bond donors (Lipinski definition) is 1. The van der Waals surface area contributed by atoms with E-state index in [1.54, 1.807) is 17.5 Å². The van der Waals surface area contributed by atoms with Crippen LogP contribution in [0.25, 0.3) is 10.2 Å². The maximum absolute atomic E-state index is 5.34. The van der Waals surface area contributed by atoms with Gasteiger partial charge < -0.3 is 10.1 Å². The van der Waals surface area contributed by atoms with Crippen molar-refractivity contribution < 1.29 is 4.74 Å². The SMILES string of the molecule is CCOc1ccc(NC(C)c2cnc3ccsc3c2)cn1. The molecule has 1 N–H and O–H groups in total. The van der Waals surface area contributed by atoms with Crippen LogP contribution < -0.4 is 10.1 Å². The molecule has 0 radical (unpaired) electrons. The summed E-state index contributed by atoms with van der Waals surface area (Å²) >= 11 is 1.71. The van der Waals surface area contributed by atoms with Gasteiger partial charge in [0.1, 0.15) is 0 Å². The van der Waals surface area contributed by atoms with Gasteiger partial charge in [-0.3, -0.25) is 4.98 Å². The molecule has 21 heavy (non-hydrogen) atoms. The summed E-state index contributed by atoms with van der Waals surface area (Å²) in [5.41, 5.74) is 3.19. The Morgan fingerprint density at radius 1 is 1.24 bits per heavy atom. The highest BCUT2D eigenvalue weighted by Gasteiger charge is 2.08. The number of hydrogen-bond acceptors (Lipinski definition) is 5. The van der Waals surface area contributed by atoms with Gasteiger partial charge in [0.2, 0.25) is 5.88 Å². The van der Waals surface area contributed by atoms with Gasteiger partial charge in [-0.15, -0.1) is 11.3 Å². The third-order valence-electron chi connectivity index (χ3n) is 3.24. The highest BCUT2D eigenvalue weighted by molar-refractivity contribution is 7.17. The Morgan fingerprint density at radius 3 is 2.90 bits per heavy atom. The molecule has 0 spiro atoms. The molecule has 1 atom stereocenters. The Bertz CT molecular complexity index is 724. The lowest BCUT2D eigenvalue weighted by atomic mass is 10.1. The van der Waals surface area contributed by atoms with E-state index in [4.69, 9.17) is 4.74 Å². The fourth-order valence-corrected chi connectivity index (χ4v) is 2.92. The summed E-state index contributed by atoms with van der Waals surface area (Å²) in [7, 11) is 0. The van der Waals surface area contributed by atoms with Gasteiger partial charge in [0.15, 0.2) is 0 Å². The second kappa shape index (κ2) is 6.10. The molecule has 0 aliphatic heterocycles.